The number of para-hydroxylation sites is 1. The second-order valence-corrected chi connectivity index (χ2v) is 5.46. The van der Waals surface area contributed by atoms with Gasteiger partial charge in [-0.3, -0.25) is 4.79 Å². The van der Waals surface area contributed by atoms with Crippen LogP contribution in [-0.4, -0.2) is 45.1 Å². The highest BCUT2D eigenvalue weighted by Crippen LogP contribution is 2.20. The van der Waals surface area contributed by atoms with E-state index >= 15 is 0 Å². The lowest BCUT2D eigenvalue weighted by Crippen LogP contribution is -2.20. The molecular weight excluding hydrogens is 290 g/mol. The Hall–Kier alpha value is -2.53. The van der Waals surface area contributed by atoms with Gasteiger partial charge in [0.15, 0.2) is 0 Å². The number of carbonyl (C=O) groups excluding carboxylic acids is 1. The summed E-state index contributed by atoms with van der Waals surface area (Å²) in [5.74, 6) is 0.378. The number of methoxy groups -OCH3 is 1. The first-order valence-corrected chi connectivity index (χ1v) is 7.53. The number of nitrogens with zero attached hydrogens (tertiary/aromatic N) is 1. The highest BCUT2D eigenvalue weighted by molar-refractivity contribution is 6.06. The zero-order chi connectivity index (χ0) is 16.7. The minimum atomic E-state index is -0.184. The van der Waals surface area contributed by atoms with Crippen molar-refractivity contribution in [2.75, 3.05) is 44.9 Å². The van der Waals surface area contributed by atoms with Gasteiger partial charge in [0, 0.05) is 24.5 Å². The Morgan fingerprint density at radius 3 is 2.35 bits per heavy atom. The number of rotatable bonds is 7. The summed E-state index contributed by atoms with van der Waals surface area (Å²) in [6.45, 7) is 1.84. The van der Waals surface area contributed by atoms with Gasteiger partial charge in [-0.25, -0.2) is 0 Å². The molecule has 0 radical (unpaired) electrons. The number of nitrogens with one attached hydrogen (secondary N) is 2. The van der Waals surface area contributed by atoms with Gasteiger partial charge >= 0.3 is 0 Å². The summed E-state index contributed by atoms with van der Waals surface area (Å²) in [5.41, 5.74) is 2.30. The van der Waals surface area contributed by atoms with Gasteiger partial charge in [-0.2, -0.15) is 0 Å². The Kier molecular flexibility index (Phi) is 6.00. The Balaban J connectivity index is 1.96. The van der Waals surface area contributed by atoms with Crippen molar-refractivity contribution in [1.82, 2.24) is 4.90 Å². The molecule has 23 heavy (non-hydrogen) atoms. The number of ether oxygens (including phenoxy) is 1. The fourth-order valence-corrected chi connectivity index (χ4v) is 2.13. The molecule has 0 atom stereocenters. The molecule has 0 saturated carbocycles. The molecule has 0 aliphatic carbocycles. The molecule has 2 aromatic rings. The maximum Gasteiger partial charge on any atom is 0.259 e. The predicted octanol–water partition coefficient (Wildman–Crippen LogP) is 2.92. The van der Waals surface area contributed by atoms with E-state index in [1.807, 2.05) is 50.5 Å². The van der Waals surface area contributed by atoms with E-state index in [1.165, 1.54) is 0 Å². The van der Waals surface area contributed by atoms with E-state index in [0.717, 1.165) is 24.5 Å². The summed E-state index contributed by atoms with van der Waals surface area (Å²) in [5, 5.41) is 6.21. The van der Waals surface area contributed by atoms with Crippen molar-refractivity contribution >= 4 is 17.3 Å². The van der Waals surface area contributed by atoms with Crippen LogP contribution >= 0.6 is 0 Å². The molecule has 5 nitrogen and oxygen atoms in total. The van der Waals surface area contributed by atoms with Gasteiger partial charge in [0.1, 0.15) is 5.75 Å². The molecule has 2 N–H and O–H groups in total. The molecule has 0 saturated heterocycles. The van der Waals surface area contributed by atoms with Gasteiger partial charge in [-0.15, -0.1) is 0 Å². The normalized spacial score (nSPS) is 10.4. The lowest BCUT2D eigenvalue weighted by Gasteiger charge is -2.12. The van der Waals surface area contributed by atoms with E-state index in [2.05, 4.69) is 15.5 Å². The molecule has 122 valence electrons. The van der Waals surface area contributed by atoms with E-state index in [-0.39, 0.29) is 5.91 Å². The van der Waals surface area contributed by atoms with Crippen LogP contribution < -0.4 is 15.4 Å². The maximum absolute atomic E-state index is 12.3. The lowest BCUT2D eigenvalue weighted by atomic mass is 10.2. The van der Waals surface area contributed by atoms with Crippen molar-refractivity contribution in [2.45, 2.75) is 0 Å². The van der Waals surface area contributed by atoms with Crippen LogP contribution in [0.1, 0.15) is 10.4 Å². The molecule has 0 spiro atoms. The highest BCUT2D eigenvalue weighted by atomic mass is 16.5. The number of likely N-dealkylation sites (N-methyl/N-ethyl adjacent to an activating group) is 1. The summed E-state index contributed by atoms with van der Waals surface area (Å²) in [4.78, 5) is 14.4. The number of hydrogen-bond acceptors (Lipinski definition) is 4. The van der Waals surface area contributed by atoms with Gasteiger partial charge in [-0.05, 0) is 50.5 Å². The third-order valence-corrected chi connectivity index (χ3v) is 3.38. The lowest BCUT2D eigenvalue weighted by molar-refractivity contribution is 0.102. The molecule has 0 aromatic heterocycles. The Morgan fingerprint density at radius 2 is 1.70 bits per heavy atom. The molecule has 0 unspecified atom stereocenters. The third kappa shape index (κ3) is 5.00. The van der Waals surface area contributed by atoms with Crippen LogP contribution in [0.4, 0.5) is 11.4 Å². The number of benzene rings is 2. The first-order chi connectivity index (χ1) is 11.1. The van der Waals surface area contributed by atoms with Crippen molar-refractivity contribution in [2.24, 2.45) is 0 Å². The van der Waals surface area contributed by atoms with Gasteiger partial charge in [0.25, 0.3) is 5.91 Å². The molecular formula is C18H23N3O2. The molecule has 0 aliphatic heterocycles. The Morgan fingerprint density at radius 1 is 1.04 bits per heavy atom. The van der Waals surface area contributed by atoms with E-state index in [1.54, 1.807) is 19.2 Å². The number of amides is 1. The molecule has 2 aromatic carbocycles. The minimum absolute atomic E-state index is 0.184. The molecule has 1 amide bonds. The van der Waals surface area contributed by atoms with E-state index in [4.69, 9.17) is 4.74 Å². The summed E-state index contributed by atoms with van der Waals surface area (Å²) in [6, 6.07) is 14.8. The standard InChI is InChI=1S/C18H23N3O2/c1-21(2)13-12-19-14-8-10-15(11-9-14)20-18(22)16-6-4-5-7-17(16)23-3/h4-11,19H,12-13H2,1-3H3,(H,20,22). The fraction of sp³-hybridized carbons (Fsp3) is 0.278. The molecule has 0 aliphatic rings. The smallest absolute Gasteiger partial charge is 0.259 e. The topological polar surface area (TPSA) is 53.6 Å². The second kappa shape index (κ2) is 8.19. The van der Waals surface area contributed by atoms with E-state index in [9.17, 15) is 4.79 Å². The van der Waals surface area contributed by atoms with Crippen LogP contribution in [0.15, 0.2) is 48.5 Å². The first kappa shape index (κ1) is 16.8. The van der Waals surface area contributed by atoms with Gasteiger partial charge in [0.05, 0.1) is 12.7 Å². The van der Waals surface area contributed by atoms with Crippen LogP contribution in [0.2, 0.25) is 0 Å². The first-order valence-electron chi connectivity index (χ1n) is 7.53. The van der Waals surface area contributed by atoms with Gasteiger partial charge in [0.2, 0.25) is 0 Å². The number of anilines is 2. The second-order valence-electron chi connectivity index (χ2n) is 5.46. The highest BCUT2D eigenvalue weighted by Gasteiger charge is 2.11. The van der Waals surface area contributed by atoms with Crippen molar-refractivity contribution in [3.05, 3.63) is 54.1 Å². The maximum atomic E-state index is 12.3. The zero-order valence-electron chi connectivity index (χ0n) is 13.8. The fourth-order valence-electron chi connectivity index (χ4n) is 2.13. The van der Waals surface area contributed by atoms with E-state index in [0.29, 0.717) is 11.3 Å². The minimum Gasteiger partial charge on any atom is -0.496 e. The number of carbonyl (C=O) groups is 1. The van der Waals surface area contributed by atoms with Crippen molar-refractivity contribution in [3.63, 3.8) is 0 Å². The van der Waals surface area contributed by atoms with Gasteiger partial charge in [-0.1, -0.05) is 12.1 Å². The van der Waals surface area contributed by atoms with Crippen LogP contribution in [-0.2, 0) is 0 Å². The average Bonchev–Trinajstić information content (AvgIpc) is 2.56. The summed E-state index contributed by atoms with van der Waals surface area (Å²) < 4.78 is 5.21. The van der Waals surface area contributed by atoms with Crippen molar-refractivity contribution in [3.8, 4) is 5.75 Å². The molecule has 0 fully saturated rings. The molecule has 0 bridgehead atoms. The quantitative estimate of drug-likeness (QED) is 0.825. The summed E-state index contributed by atoms with van der Waals surface area (Å²) in [6.07, 6.45) is 0. The zero-order valence-corrected chi connectivity index (χ0v) is 13.8. The van der Waals surface area contributed by atoms with E-state index < -0.39 is 0 Å². The largest absolute Gasteiger partial charge is 0.496 e. The molecule has 2 rings (SSSR count). The summed E-state index contributed by atoms with van der Waals surface area (Å²) >= 11 is 0. The number of hydrogen-bond donors (Lipinski definition) is 2. The Labute approximate surface area is 137 Å². The SMILES string of the molecule is COc1ccccc1C(=O)Nc1ccc(NCCN(C)C)cc1. The average molecular weight is 313 g/mol. The molecule has 5 heteroatoms. The van der Waals surface area contributed by atoms with Crippen LogP contribution in [0.5, 0.6) is 5.75 Å². The predicted molar refractivity (Wildman–Crippen MR) is 94.4 cm³/mol. The molecule has 0 heterocycles. The van der Waals surface area contributed by atoms with Crippen LogP contribution in [0.25, 0.3) is 0 Å². The van der Waals surface area contributed by atoms with Crippen molar-refractivity contribution in [1.29, 1.82) is 0 Å². The third-order valence-electron chi connectivity index (χ3n) is 3.38. The Bertz CT molecular complexity index is 639. The van der Waals surface area contributed by atoms with Gasteiger partial charge < -0.3 is 20.3 Å². The van der Waals surface area contributed by atoms with Crippen LogP contribution in [0.3, 0.4) is 0 Å². The monoisotopic (exact) mass is 313 g/mol. The summed E-state index contributed by atoms with van der Waals surface area (Å²) in [7, 11) is 5.64. The van der Waals surface area contributed by atoms with Crippen LogP contribution in [0, 0.1) is 0 Å². The van der Waals surface area contributed by atoms with Crippen molar-refractivity contribution < 1.29 is 9.53 Å².